The Morgan fingerprint density at radius 2 is 2.25 bits per heavy atom. The molecule has 4 rings (SSSR count). The Kier molecular flexibility index (Phi) is 5.13. The third kappa shape index (κ3) is 3.64. The number of thiophene rings is 1. The van der Waals surface area contributed by atoms with Crippen molar-refractivity contribution in [2.45, 2.75) is 32.6 Å². The molecule has 146 valence electrons. The number of ether oxygens (including phenoxy) is 1. The van der Waals surface area contributed by atoms with Gasteiger partial charge in [-0.3, -0.25) is 9.59 Å². The number of amides is 1. The minimum Gasteiger partial charge on any atom is -0.466 e. The second-order valence-electron chi connectivity index (χ2n) is 6.92. The van der Waals surface area contributed by atoms with Crippen molar-refractivity contribution in [3.63, 3.8) is 0 Å². The molecule has 0 bridgehead atoms. The number of hydrogen-bond acceptors (Lipinski definition) is 7. The molecule has 1 aliphatic rings. The van der Waals surface area contributed by atoms with Gasteiger partial charge in [-0.2, -0.15) is 0 Å². The van der Waals surface area contributed by atoms with E-state index in [1.165, 1.54) is 0 Å². The van der Waals surface area contributed by atoms with Gasteiger partial charge < -0.3 is 14.6 Å². The standard InChI is InChI=1S/C20H21N3O4S/c1-3-26-20(25)11(2)10-21-18(24)13-9-14(15-5-4-8-28-15)22-19-16(13)17(23-27-19)12-6-7-12/h4-5,8-9,11-12H,3,6-7,10H2,1-2H3,(H,21,24). The Hall–Kier alpha value is -2.74. The van der Waals surface area contributed by atoms with E-state index < -0.39 is 5.92 Å². The molecule has 3 aromatic rings. The average Bonchev–Trinajstić information content (AvgIpc) is 3.21. The lowest BCUT2D eigenvalue weighted by molar-refractivity contribution is -0.147. The lowest BCUT2D eigenvalue weighted by Gasteiger charge is -2.12. The summed E-state index contributed by atoms with van der Waals surface area (Å²) in [6, 6.07) is 5.66. The van der Waals surface area contributed by atoms with Gasteiger partial charge in [-0.25, -0.2) is 4.98 Å². The summed E-state index contributed by atoms with van der Waals surface area (Å²) in [5.74, 6) is -0.707. The largest absolute Gasteiger partial charge is 0.466 e. The third-order valence-electron chi connectivity index (χ3n) is 4.71. The van der Waals surface area contributed by atoms with Crippen LogP contribution in [0.4, 0.5) is 0 Å². The SMILES string of the molecule is CCOC(=O)C(C)CNC(=O)c1cc(-c2cccs2)nc2onc(C3CC3)c12. The Morgan fingerprint density at radius 1 is 1.43 bits per heavy atom. The van der Waals surface area contributed by atoms with Crippen molar-refractivity contribution < 1.29 is 18.8 Å². The topological polar surface area (TPSA) is 94.3 Å². The molecule has 28 heavy (non-hydrogen) atoms. The summed E-state index contributed by atoms with van der Waals surface area (Å²) in [4.78, 5) is 30.3. The highest BCUT2D eigenvalue weighted by atomic mass is 32.1. The molecule has 1 saturated carbocycles. The molecule has 8 heteroatoms. The Labute approximate surface area is 166 Å². The summed E-state index contributed by atoms with van der Waals surface area (Å²) in [5, 5.41) is 9.65. The number of esters is 1. The molecule has 1 N–H and O–H groups in total. The first-order valence-electron chi connectivity index (χ1n) is 9.37. The van der Waals surface area contributed by atoms with Crippen LogP contribution in [0.3, 0.4) is 0 Å². The molecular weight excluding hydrogens is 378 g/mol. The molecule has 3 aromatic heterocycles. The van der Waals surface area contributed by atoms with Gasteiger partial charge in [0.25, 0.3) is 11.6 Å². The van der Waals surface area contributed by atoms with Gasteiger partial charge in [-0.05, 0) is 37.3 Å². The summed E-state index contributed by atoms with van der Waals surface area (Å²) in [6.07, 6.45) is 2.07. The van der Waals surface area contributed by atoms with Gasteiger partial charge in [0.05, 0.1) is 39.7 Å². The smallest absolute Gasteiger partial charge is 0.310 e. The molecule has 0 aromatic carbocycles. The molecule has 1 amide bonds. The fourth-order valence-electron chi connectivity index (χ4n) is 3.05. The Balaban J connectivity index is 1.66. The highest BCUT2D eigenvalue weighted by molar-refractivity contribution is 7.13. The van der Waals surface area contributed by atoms with Crippen molar-refractivity contribution in [3.05, 3.63) is 34.8 Å². The summed E-state index contributed by atoms with van der Waals surface area (Å²) in [5.41, 5.74) is 2.32. The maximum absolute atomic E-state index is 13.0. The highest BCUT2D eigenvalue weighted by Gasteiger charge is 2.32. The highest BCUT2D eigenvalue weighted by Crippen LogP contribution is 2.43. The van der Waals surface area contributed by atoms with E-state index in [-0.39, 0.29) is 18.4 Å². The van der Waals surface area contributed by atoms with Crippen LogP contribution >= 0.6 is 11.3 Å². The second kappa shape index (κ2) is 7.71. The molecule has 1 unspecified atom stereocenters. The van der Waals surface area contributed by atoms with Gasteiger partial charge in [0.2, 0.25) is 0 Å². The number of nitrogens with one attached hydrogen (secondary N) is 1. The summed E-state index contributed by atoms with van der Waals surface area (Å²) in [6.45, 7) is 4.00. The Bertz CT molecular complexity index is 1010. The molecule has 0 spiro atoms. The van der Waals surface area contributed by atoms with E-state index in [4.69, 9.17) is 9.26 Å². The normalized spacial score (nSPS) is 14.8. The minimum atomic E-state index is -0.427. The summed E-state index contributed by atoms with van der Waals surface area (Å²) < 4.78 is 10.5. The van der Waals surface area contributed by atoms with E-state index in [2.05, 4.69) is 15.5 Å². The second-order valence-corrected chi connectivity index (χ2v) is 7.87. The van der Waals surface area contributed by atoms with Crippen molar-refractivity contribution in [3.8, 4) is 10.6 Å². The van der Waals surface area contributed by atoms with Crippen LogP contribution in [-0.4, -0.2) is 35.2 Å². The van der Waals surface area contributed by atoms with Gasteiger partial charge in [0.1, 0.15) is 0 Å². The fraction of sp³-hybridized carbons (Fsp3) is 0.400. The molecule has 0 saturated heterocycles. The number of pyridine rings is 1. The lowest BCUT2D eigenvalue weighted by Crippen LogP contribution is -2.32. The monoisotopic (exact) mass is 399 g/mol. The Morgan fingerprint density at radius 3 is 2.93 bits per heavy atom. The van der Waals surface area contributed by atoms with Crippen molar-refractivity contribution >= 4 is 34.3 Å². The third-order valence-corrected chi connectivity index (χ3v) is 5.61. The van der Waals surface area contributed by atoms with Crippen LogP contribution in [-0.2, 0) is 9.53 Å². The van der Waals surface area contributed by atoms with Crippen LogP contribution in [0.5, 0.6) is 0 Å². The molecular formula is C20H21N3O4S. The molecule has 0 aliphatic heterocycles. The molecule has 1 aliphatic carbocycles. The average molecular weight is 399 g/mol. The van der Waals surface area contributed by atoms with Crippen molar-refractivity contribution in [1.29, 1.82) is 0 Å². The number of carbonyl (C=O) groups is 2. The van der Waals surface area contributed by atoms with E-state index in [0.29, 0.717) is 34.9 Å². The van der Waals surface area contributed by atoms with Crippen LogP contribution in [0, 0.1) is 5.92 Å². The number of aromatic nitrogens is 2. The first-order valence-corrected chi connectivity index (χ1v) is 10.3. The fourth-order valence-corrected chi connectivity index (χ4v) is 3.73. The van der Waals surface area contributed by atoms with Crippen LogP contribution in [0.25, 0.3) is 21.7 Å². The molecule has 1 fully saturated rings. The molecule has 7 nitrogen and oxygen atoms in total. The first-order chi connectivity index (χ1) is 13.6. The molecule has 1 atom stereocenters. The van der Waals surface area contributed by atoms with Gasteiger partial charge >= 0.3 is 5.97 Å². The maximum atomic E-state index is 13.0. The molecule has 3 heterocycles. The zero-order valence-corrected chi connectivity index (χ0v) is 16.5. The van der Waals surface area contributed by atoms with Crippen molar-refractivity contribution in [2.24, 2.45) is 5.92 Å². The van der Waals surface area contributed by atoms with Gasteiger partial charge in [0, 0.05) is 12.5 Å². The summed E-state index contributed by atoms with van der Waals surface area (Å²) >= 11 is 1.54. The van der Waals surface area contributed by atoms with Crippen LogP contribution in [0.2, 0.25) is 0 Å². The van der Waals surface area contributed by atoms with E-state index in [9.17, 15) is 9.59 Å². The number of nitrogens with zero attached hydrogens (tertiary/aromatic N) is 2. The summed E-state index contributed by atoms with van der Waals surface area (Å²) in [7, 11) is 0. The van der Waals surface area contributed by atoms with E-state index >= 15 is 0 Å². The number of hydrogen-bond donors (Lipinski definition) is 1. The van der Waals surface area contributed by atoms with Crippen molar-refractivity contribution in [1.82, 2.24) is 15.5 Å². The zero-order chi connectivity index (χ0) is 19.7. The van der Waals surface area contributed by atoms with E-state index in [1.807, 2.05) is 17.5 Å². The molecule has 0 radical (unpaired) electrons. The van der Waals surface area contributed by atoms with Gasteiger partial charge in [0.15, 0.2) is 0 Å². The van der Waals surface area contributed by atoms with E-state index in [0.717, 1.165) is 23.4 Å². The minimum absolute atomic E-state index is 0.194. The predicted octanol–water partition coefficient (Wildman–Crippen LogP) is 3.76. The van der Waals surface area contributed by atoms with Crippen LogP contribution < -0.4 is 5.32 Å². The van der Waals surface area contributed by atoms with E-state index in [1.54, 1.807) is 31.3 Å². The lowest BCUT2D eigenvalue weighted by atomic mass is 10.1. The van der Waals surface area contributed by atoms with Crippen LogP contribution in [0.15, 0.2) is 28.1 Å². The van der Waals surface area contributed by atoms with Crippen molar-refractivity contribution in [2.75, 3.05) is 13.2 Å². The van der Waals surface area contributed by atoms with Gasteiger partial charge in [-0.15, -0.1) is 11.3 Å². The van der Waals surface area contributed by atoms with Crippen LogP contribution in [0.1, 0.15) is 48.7 Å². The number of carbonyl (C=O) groups excluding carboxylic acids is 2. The quantitative estimate of drug-likeness (QED) is 0.608. The zero-order valence-electron chi connectivity index (χ0n) is 15.7. The maximum Gasteiger partial charge on any atom is 0.310 e. The first kappa shape index (κ1) is 18.6. The number of fused-ring (bicyclic) bond motifs is 1. The van der Waals surface area contributed by atoms with Gasteiger partial charge in [-0.1, -0.05) is 18.1 Å². The number of rotatable bonds is 7. The predicted molar refractivity (Wildman–Crippen MR) is 105 cm³/mol.